The molecule has 1 amide bonds. The van der Waals surface area contributed by atoms with Crippen molar-refractivity contribution >= 4 is 28.1 Å². The lowest BCUT2D eigenvalue weighted by molar-refractivity contribution is 0.0742. The molecule has 104 valence electrons. The number of para-hydroxylation sites is 1. The first kappa shape index (κ1) is 12.9. The minimum Gasteiger partial charge on any atom is -0.375 e. The maximum Gasteiger partial charge on any atom is 0.273 e. The number of nitrogens with two attached hydrogens (primary N) is 1. The lowest BCUT2D eigenvalue weighted by Gasteiger charge is -2.35. The summed E-state index contributed by atoms with van der Waals surface area (Å²) in [6.45, 7) is 3.11. The monoisotopic (exact) mass is 288 g/mol. The van der Waals surface area contributed by atoms with Crippen molar-refractivity contribution in [2.24, 2.45) is 0 Å². The minimum absolute atomic E-state index is 0.0225. The highest BCUT2D eigenvalue weighted by Crippen LogP contribution is 2.18. The zero-order chi connectivity index (χ0) is 13.9. The van der Waals surface area contributed by atoms with E-state index in [2.05, 4.69) is 22.0 Å². The van der Waals surface area contributed by atoms with Gasteiger partial charge in [-0.3, -0.25) is 4.79 Å². The standard InChI is InChI=1S/C14H16N4OS/c15-14-16-12(10-20-14)13(19)18-8-6-17(7-9-18)11-4-2-1-3-5-11/h1-5,10H,6-9H2,(H2,15,16). The number of amides is 1. The Hall–Kier alpha value is -2.08. The number of aromatic nitrogens is 1. The van der Waals surface area contributed by atoms with Gasteiger partial charge in [-0.15, -0.1) is 11.3 Å². The molecule has 6 heteroatoms. The number of hydrogen-bond acceptors (Lipinski definition) is 5. The predicted octanol–water partition coefficient (Wildman–Crippen LogP) is 1.69. The Kier molecular flexibility index (Phi) is 3.56. The van der Waals surface area contributed by atoms with E-state index in [0.717, 1.165) is 13.1 Å². The maximum absolute atomic E-state index is 12.3. The highest BCUT2D eigenvalue weighted by molar-refractivity contribution is 7.13. The van der Waals surface area contributed by atoms with Crippen molar-refractivity contribution in [3.05, 3.63) is 41.4 Å². The van der Waals surface area contributed by atoms with Crippen LogP contribution in [-0.2, 0) is 0 Å². The number of nitrogens with zero attached hydrogens (tertiary/aromatic N) is 3. The fraction of sp³-hybridized carbons (Fsp3) is 0.286. The molecule has 20 heavy (non-hydrogen) atoms. The Labute approximate surface area is 121 Å². The molecule has 1 aliphatic rings. The van der Waals surface area contributed by atoms with Gasteiger partial charge in [0.25, 0.3) is 5.91 Å². The molecule has 0 atom stereocenters. The van der Waals surface area contributed by atoms with Gasteiger partial charge in [-0.1, -0.05) is 18.2 Å². The van der Waals surface area contributed by atoms with Crippen LogP contribution >= 0.6 is 11.3 Å². The third-order valence-electron chi connectivity index (χ3n) is 3.43. The third kappa shape index (κ3) is 2.60. The summed E-state index contributed by atoms with van der Waals surface area (Å²) in [7, 11) is 0. The summed E-state index contributed by atoms with van der Waals surface area (Å²) in [5.74, 6) is -0.0225. The van der Waals surface area contributed by atoms with Crippen LogP contribution in [0, 0.1) is 0 Å². The van der Waals surface area contributed by atoms with Gasteiger partial charge < -0.3 is 15.5 Å². The van der Waals surface area contributed by atoms with E-state index in [1.54, 1.807) is 5.38 Å². The molecule has 2 N–H and O–H groups in total. The van der Waals surface area contributed by atoms with Gasteiger partial charge in [-0.05, 0) is 12.1 Å². The van der Waals surface area contributed by atoms with E-state index in [4.69, 9.17) is 5.73 Å². The molecule has 5 nitrogen and oxygen atoms in total. The number of rotatable bonds is 2. The molecule has 1 aromatic heterocycles. The van der Waals surface area contributed by atoms with Crippen molar-refractivity contribution in [2.45, 2.75) is 0 Å². The van der Waals surface area contributed by atoms with Crippen LogP contribution in [0.5, 0.6) is 0 Å². The smallest absolute Gasteiger partial charge is 0.273 e. The molecule has 0 saturated carbocycles. The molecule has 1 saturated heterocycles. The summed E-state index contributed by atoms with van der Waals surface area (Å²) >= 11 is 1.30. The number of piperazine rings is 1. The summed E-state index contributed by atoms with van der Waals surface area (Å²) < 4.78 is 0. The Bertz CT molecular complexity index is 590. The van der Waals surface area contributed by atoms with Crippen LogP contribution < -0.4 is 10.6 Å². The van der Waals surface area contributed by atoms with Gasteiger partial charge in [0.2, 0.25) is 0 Å². The average Bonchev–Trinajstić information content (AvgIpc) is 2.94. The summed E-state index contributed by atoms with van der Waals surface area (Å²) in [6, 6.07) is 10.3. The van der Waals surface area contributed by atoms with Crippen LogP contribution in [0.1, 0.15) is 10.5 Å². The zero-order valence-electron chi connectivity index (χ0n) is 11.0. The second-order valence-corrected chi connectivity index (χ2v) is 5.58. The van der Waals surface area contributed by atoms with E-state index >= 15 is 0 Å². The molecule has 0 spiro atoms. The van der Waals surface area contributed by atoms with Crippen LogP contribution in [0.2, 0.25) is 0 Å². The van der Waals surface area contributed by atoms with Crippen LogP contribution in [0.3, 0.4) is 0 Å². The Morgan fingerprint density at radius 1 is 1.15 bits per heavy atom. The third-order valence-corrected chi connectivity index (χ3v) is 4.10. The summed E-state index contributed by atoms with van der Waals surface area (Å²) in [5, 5.41) is 2.16. The molecule has 1 aromatic carbocycles. The summed E-state index contributed by atoms with van der Waals surface area (Å²) in [5.41, 5.74) is 7.24. The Morgan fingerprint density at radius 2 is 1.85 bits per heavy atom. The van der Waals surface area contributed by atoms with Gasteiger partial charge in [0.1, 0.15) is 5.69 Å². The summed E-state index contributed by atoms with van der Waals surface area (Å²) in [4.78, 5) is 20.4. The molecular weight excluding hydrogens is 272 g/mol. The SMILES string of the molecule is Nc1nc(C(=O)N2CCN(c3ccccc3)CC2)cs1. The fourth-order valence-electron chi connectivity index (χ4n) is 2.35. The number of carbonyl (C=O) groups is 1. The molecule has 2 aromatic rings. The molecular formula is C14H16N4OS. The second-order valence-electron chi connectivity index (χ2n) is 4.69. The molecule has 2 heterocycles. The van der Waals surface area contributed by atoms with Crippen LogP contribution in [0.25, 0.3) is 0 Å². The van der Waals surface area contributed by atoms with Gasteiger partial charge in [0, 0.05) is 37.2 Å². The number of benzene rings is 1. The number of hydrogen-bond donors (Lipinski definition) is 1. The fourth-order valence-corrected chi connectivity index (χ4v) is 2.89. The molecule has 0 radical (unpaired) electrons. The number of anilines is 2. The van der Waals surface area contributed by atoms with E-state index in [1.807, 2.05) is 23.1 Å². The normalized spacial score (nSPS) is 15.4. The summed E-state index contributed by atoms with van der Waals surface area (Å²) in [6.07, 6.45) is 0. The van der Waals surface area contributed by atoms with Crippen molar-refractivity contribution in [3.63, 3.8) is 0 Å². The van der Waals surface area contributed by atoms with E-state index < -0.39 is 0 Å². The van der Waals surface area contributed by atoms with Crippen LogP contribution in [0.15, 0.2) is 35.7 Å². The van der Waals surface area contributed by atoms with E-state index in [1.165, 1.54) is 17.0 Å². The van der Waals surface area contributed by atoms with Crippen LogP contribution in [0.4, 0.5) is 10.8 Å². The Balaban J connectivity index is 1.63. The lowest BCUT2D eigenvalue weighted by Crippen LogP contribution is -2.48. The zero-order valence-corrected chi connectivity index (χ0v) is 11.8. The molecule has 1 fully saturated rings. The van der Waals surface area contributed by atoms with E-state index in [0.29, 0.717) is 23.9 Å². The quantitative estimate of drug-likeness (QED) is 0.913. The number of nitrogen functional groups attached to an aromatic ring is 1. The second kappa shape index (κ2) is 5.50. The largest absolute Gasteiger partial charge is 0.375 e. The van der Waals surface area contributed by atoms with Crippen molar-refractivity contribution in [3.8, 4) is 0 Å². The minimum atomic E-state index is -0.0225. The van der Waals surface area contributed by atoms with Crippen molar-refractivity contribution in [1.82, 2.24) is 9.88 Å². The van der Waals surface area contributed by atoms with Crippen molar-refractivity contribution < 1.29 is 4.79 Å². The van der Waals surface area contributed by atoms with Gasteiger partial charge in [0.05, 0.1) is 0 Å². The molecule has 1 aliphatic heterocycles. The number of carbonyl (C=O) groups excluding carboxylic acids is 1. The predicted molar refractivity (Wildman–Crippen MR) is 81.1 cm³/mol. The topological polar surface area (TPSA) is 62.5 Å². The van der Waals surface area contributed by atoms with E-state index in [-0.39, 0.29) is 5.91 Å². The lowest BCUT2D eigenvalue weighted by atomic mass is 10.2. The highest BCUT2D eigenvalue weighted by atomic mass is 32.1. The van der Waals surface area contributed by atoms with Gasteiger partial charge in [0.15, 0.2) is 5.13 Å². The van der Waals surface area contributed by atoms with Crippen LogP contribution in [-0.4, -0.2) is 42.0 Å². The first-order chi connectivity index (χ1) is 9.74. The van der Waals surface area contributed by atoms with Crippen molar-refractivity contribution in [2.75, 3.05) is 36.8 Å². The first-order valence-electron chi connectivity index (χ1n) is 6.54. The van der Waals surface area contributed by atoms with E-state index in [9.17, 15) is 4.79 Å². The maximum atomic E-state index is 12.3. The first-order valence-corrected chi connectivity index (χ1v) is 7.42. The van der Waals surface area contributed by atoms with Gasteiger partial charge in [-0.2, -0.15) is 0 Å². The van der Waals surface area contributed by atoms with Crippen molar-refractivity contribution in [1.29, 1.82) is 0 Å². The average molecular weight is 288 g/mol. The highest BCUT2D eigenvalue weighted by Gasteiger charge is 2.23. The molecule has 0 aliphatic carbocycles. The van der Waals surface area contributed by atoms with Gasteiger partial charge in [-0.25, -0.2) is 4.98 Å². The molecule has 3 rings (SSSR count). The molecule has 0 unspecified atom stereocenters. The number of thiazole rings is 1. The van der Waals surface area contributed by atoms with Gasteiger partial charge >= 0.3 is 0 Å². The Morgan fingerprint density at radius 3 is 2.45 bits per heavy atom. The molecule has 0 bridgehead atoms.